The van der Waals surface area contributed by atoms with E-state index in [2.05, 4.69) is 10.1 Å². The van der Waals surface area contributed by atoms with E-state index in [9.17, 15) is 5.21 Å². The third-order valence-electron chi connectivity index (χ3n) is 4.96. The number of hydrogen-bond donors (Lipinski definition) is 2. The molecule has 2 heterocycles. The molecule has 0 unspecified atom stereocenters. The quantitative estimate of drug-likeness (QED) is 0.251. The number of rotatable bonds is 2. The fourth-order valence-electron chi connectivity index (χ4n) is 3.49. The third-order valence-corrected chi connectivity index (χ3v) is 4.96. The highest BCUT2D eigenvalue weighted by Crippen LogP contribution is 2.28. The maximum atomic E-state index is 9.55. The van der Waals surface area contributed by atoms with Gasteiger partial charge in [0.1, 0.15) is 16.6 Å². The first-order valence-electron chi connectivity index (χ1n) is 9.18. The SMILES string of the molecule is Nc1cccc(-c2ccc3/c(=N\O)cc(-c4cc5ccccc5cn4)oc3c2)c1. The summed E-state index contributed by atoms with van der Waals surface area (Å²) in [5.74, 6) is 0.528. The van der Waals surface area contributed by atoms with Gasteiger partial charge in [0.2, 0.25) is 0 Å². The van der Waals surface area contributed by atoms with E-state index >= 15 is 0 Å². The summed E-state index contributed by atoms with van der Waals surface area (Å²) in [4.78, 5) is 4.52. The normalized spacial score (nSPS) is 11.9. The first-order chi connectivity index (χ1) is 14.2. The molecule has 5 nitrogen and oxygen atoms in total. The average Bonchev–Trinajstić information content (AvgIpc) is 2.77. The highest BCUT2D eigenvalue weighted by molar-refractivity contribution is 5.86. The van der Waals surface area contributed by atoms with Gasteiger partial charge in [-0.2, -0.15) is 0 Å². The molecular weight excluding hydrogens is 362 g/mol. The van der Waals surface area contributed by atoms with Crippen LogP contribution in [0.25, 0.3) is 44.3 Å². The minimum atomic E-state index is 0.426. The summed E-state index contributed by atoms with van der Waals surface area (Å²) in [7, 11) is 0. The van der Waals surface area contributed by atoms with Crippen LogP contribution in [0.2, 0.25) is 0 Å². The van der Waals surface area contributed by atoms with E-state index in [0.29, 0.717) is 33.5 Å². The summed E-state index contributed by atoms with van der Waals surface area (Å²) in [6.07, 6.45) is 1.81. The Morgan fingerprint density at radius 1 is 0.828 bits per heavy atom. The van der Waals surface area contributed by atoms with Crippen LogP contribution < -0.4 is 11.1 Å². The van der Waals surface area contributed by atoms with Crippen LogP contribution >= 0.6 is 0 Å². The van der Waals surface area contributed by atoms with Crippen molar-refractivity contribution in [2.24, 2.45) is 5.16 Å². The lowest BCUT2D eigenvalue weighted by Crippen LogP contribution is -2.03. The lowest BCUT2D eigenvalue weighted by atomic mass is 10.0. The maximum Gasteiger partial charge on any atom is 0.155 e. The molecule has 0 aliphatic carbocycles. The van der Waals surface area contributed by atoms with Gasteiger partial charge in [-0.3, -0.25) is 4.98 Å². The minimum absolute atomic E-state index is 0.426. The number of hydrogen-bond acceptors (Lipinski definition) is 5. The van der Waals surface area contributed by atoms with Crippen molar-refractivity contribution in [3.05, 3.63) is 90.4 Å². The molecular formula is C24H17N3O2. The van der Waals surface area contributed by atoms with E-state index in [4.69, 9.17) is 10.2 Å². The van der Waals surface area contributed by atoms with Crippen molar-refractivity contribution in [2.45, 2.75) is 0 Å². The molecule has 0 radical (unpaired) electrons. The van der Waals surface area contributed by atoms with Crippen LogP contribution in [0.1, 0.15) is 0 Å². The van der Waals surface area contributed by atoms with E-state index in [1.165, 1.54) is 0 Å². The monoisotopic (exact) mass is 379 g/mol. The number of benzene rings is 3. The summed E-state index contributed by atoms with van der Waals surface area (Å²) in [6, 6.07) is 25.1. The Balaban J connectivity index is 1.71. The van der Waals surface area contributed by atoms with E-state index in [1.54, 1.807) is 6.07 Å². The molecule has 5 aromatic rings. The van der Waals surface area contributed by atoms with Gasteiger partial charge >= 0.3 is 0 Å². The van der Waals surface area contributed by atoms with Gasteiger partial charge < -0.3 is 15.4 Å². The largest absolute Gasteiger partial charge is 0.454 e. The van der Waals surface area contributed by atoms with Crippen molar-refractivity contribution >= 4 is 27.4 Å². The summed E-state index contributed by atoms with van der Waals surface area (Å²) in [6.45, 7) is 0. The Labute approximate surface area is 166 Å². The number of fused-ring (bicyclic) bond motifs is 2. The van der Waals surface area contributed by atoms with Gasteiger partial charge in [-0.05, 0) is 46.8 Å². The topological polar surface area (TPSA) is 84.6 Å². The molecule has 0 bridgehead atoms. The van der Waals surface area contributed by atoms with Gasteiger partial charge in [-0.1, -0.05) is 47.6 Å². The second kappa shape index (κ2) is 6.80. The second-order valence-electron chi connectivity index (χ2n) is 6.85. The van der Waals surface area contributed by atoms with Gasteiger partial charge in [0.25, 0.3) is 0 Å². The maximum absolute atomic E-state index is 9.55. The Morgan fingerprint density at radius 2 is 1.66 bits per heavy atom. The zero-order valence-corrected chi connectivity index (χ0v) is 15.4. The summed E-state index contributed by atoms with van der Waals surface area (Å²) >= 11 is 0. The number of anilines is 1. The van der Waals surface area contributed by atoms with Crippen LogP contribution in [-0.2, 0) is 0 Å². The molecule has 3 aromatic carbocycles. The Hall–Kier alpha value is -4.12. The number of aromatic nitrogens is 1. The summed E-state index contributed by atoms with van der Waals surface area (Å²) in [5, 5.41) is 16.3. The van der Waals surface area contributed by atoms with Crippen LogP contribution in [0.15, 0.2) is 94.6 Å². The highest BCUT2D eigenvalue weighted by atomic mass is 16.4. The van der Waals surface area contributed by atoms with Crippen molar-refractivity contribution in [3.8, 4) is 22.6 Å². The average molecular weight is 379 g/mol. The van der Waals surface area contributed by atoms with E-state index in [0.717, 1.165) is 21.9 Å². The third kappa shape index (κ3) is 3.08. The van der Waals surface area contributed by atoms with E-state index < -0.39 is 0 Å². The molecule has 29 heavy (non-hydrogen) atoms. The molecule has 0 saturated heterocycles. The molecule has 0 spiro atoms. The Bertz CT molecular complexity index is 1440. The zero-order valence-electron chi connectivity index (χ0n) is 15.4. The molecule has 140 valence electrons. The fourth-order valence-corrected chi connectivity index (χ4v) is 3.49. The van der Waals surface area contributed by atoms with Gasteiger partial charge in [-0.15, -0.1) is 0 Å². The smallest absolute Gasteiger partial charge is 0.155 e. The predicted molar refractivity (Wildman–Crippen MR) is 114 cm³/mol. The van der Waals surface area contributed by atoms with Crippen molar-refractivity contribution in [1.82, 2.24) is 4.98 Å². The molecule has 5 rings (SSSR count). The van der Waals surface area contributed by atoms with Gasteiger partial charge in [0.15, 0.2) is 5.76 Å². The molecule has 0 fully saturated rings. The van der Waals surface area contributed by atoms with Gasteiger partial charge in [0, 0.05) is 28.7 Å². The summed E-state index contributed by atoms with van der Waals surface area (Å²) in [5.41, 5.74) is 9.83. The van der Waals surface area contributed by atoms with E-state index in [1.807, 2.05) is 79.0 Å². The second-order valence-corrected chi connectivity index (χ2v) is 6.85. The molecule has 3 N–H and O–H groups in total. The van der Waals surface area contributed by atoms with Gasteiger partial charge in [0.05, 0.1) is 0 Å². The fraction of sp³-hybridized carbons (Fsp3) is 0. The lowest BCUT2D eigenvalue weighted by Gasteiger charge is -2.08. The predicted octanol–water partition coefficient (Wildman–Crippen LogP) is 5.19. The zero-order chi connectivity index (χ0) is 19.8. The number of nitrogen functional groups attached to an aromatic ring is 1. The van der Waals surface area contributed by atoms with Crippen LogP contribution in [0.3, 0.4) is 0 Å². The van der Waals surface area contributed by atoms with E-state index in [-0.39, 0.29) is 0 Å². The van der Waals surface area contributed by atoms with Crippen molar-refractivity contribution in [1.29, 1.82) is 0 Å². The van der Waals surface area contributed by atoms with Crippen LogP contribution in [0.4, 0.5) is 5.69 Å². The van der Waals surface area contributed by atoms with Crippen molar-refractivity contribution in [2.75, 3.05) is 5.73 Å². The molecule has 0 aliphatic heterocycles. The molecule has 0 aliphatic rings. The molecule has 0 atom stereocenters. The van der Waals surface area contributed by atoms with Crippen LogP contribution in [0.5, 0.6) is 0 Å². The Morgan fingerprint density at radius 3 is 2.48 bits per heavy atom. The highest BCUT2D eigenvalue weighted by Gasteiger charge is 2.10. The first-order valence-corrected chi connectivity index (χ1v) is 9.18. The number of pyridine rings is 1. The molecule has 0 saturated carbocycles. The molecule has 0 amide bonds. The first kappa shape index (κ1) is 17.0. The van der Waals surface area contributed by atoms with Crippen molar-refractivity contribution in [3.63, 3.8) is 0 Å². The number of nitrogens with two attached hydrogens (primary N) is 1. The Kier molecular flexibility index (Phi) is 3.99. The van der Waals surface area contributed by atoms with Gasteiger partial charge in [-0.25, -0.2) is 0 Å². The summed E-state index contributed by atoms with van der Waals surface area (Å²) < 4.78 is 6.17. The lowest BCUT2D eigenvalue weighted by molar-refractivity contribution is 0.302. The molecule has 2 aromatic heterocycles. The standard InChI is InChI=1S/C24H17N3O2/c25-19-7-3-6-15(10-19)17-8-9-20-21(27-28)13-24(29-23(20)12-17)22-11-16-4-1-2-5-18(16)14-26-22/h1-14,28H,25H2/b27-21-. The molecule has 5 heteroatoms. The van der Waals surface area contributed by atoms with Crippen molar-refractivity contribution < 1.29 is 9.62 Å². The van der Waals surface area contributed by atoms with Crippen LogP contribution in [0, 0.1) is 0 Å². The van der Waals surface area contributed by atoms with Crippen LogP contribution in [-0.4, -0.2) is 10.2 Å². The minimum Gasteiger partial charge on any atom is -0.454 e. The number of nitrogens with zero attached hydrogens (tertiary/aromatic N) is 2.